The van der Waals surface area contributed by atoms with E-state index in [0.717, 1.165) is 31.6 Å². The molecule has 1 aliphatic rings. The second kappa shape index (κ2) is 12.2. The molecule has 1 aliphatic heterocycles. The standard InChI is InChI=1S/C31H26Cl2N2O4/c32-28-15-6-22(20-29(28)33)30(36)34-23-7-11-25(12-8-23)38-26-13-9-24(10-14-26)35-18-16-27(17-19-35)39-31(37)21-4-2-1-3-5-21/h1-15,20,27H,16-19H2,(H,34,36). The molecule has 6 nitrogen and oxygen atoms in total. The van der Waals surface area contributed by atoms with Crippen LogP contribution in [0.1, 0.15) is 33.6 Å². The zero-order valence-electron chi connectivity index (χ0n) is 21.0. The summed E-state index contributed by atoms with van der Waals surface area (Å²) in [5, 5.41) is 3.56. The van der Waals surface area contributed by atoms with Crippen molar-refractivity contribution in [2.75, 3.05) is 23.3 Å². The Morgan fingerprint density at radius 2 is 1.38 bits per heavy atom. The van der Waals surface area contributed by atoms with Crippen LogP contribution >= 0.6 is 23.2 Å². The predicted molar refractivity (Wildman–Crippen MR) is 154 cm³/mol. The van der Waals surface area contributed by atoms with Crippen molar-refractivity contribution in [3.8, 4) is 11.5 Å². The van der Waals surface area contributed by atoms with Crippen molar-refractivity contribution in [3.05, 3.63) is 118 Å². The number of amides is 1. The third-order valence-electron chi connectivity index (χ3n) is 6.46. The normalized spacial score (nSPS) is 13.5. The van der Waals surface area contributed by atoms with E-state index >= 15 is 0 Å². The van der Waals surface area contributed by atoms with Gasteiger partial charge >= 0.3 is 5.97 Å². The van der Waals surface area contributed by atoms with E-state index in [1.807, 2.05) is 42.5 Å². The number of carbonyl (C=O) groups is 2. The Morgan fingerprint density at radius 1 is 0.744 bits per heavy atom. The first-order valence-electron chi connectivity index (χ1n) is 12.6. The van der Waals surface area contributed by atoms with Gasteiger partial charge in [0.05, 0.1) is 15.6 Å². The molecule has 0 atom stereocenters. The number of carbonyl (C=O) groups excluding carboxylic acids is 2. The maximum atomic E-state index is 12.5. The van der Waals surface area contributed by atoms with Gasteiger partial charge in [-0.25, -0.2) is 4.79 Å². The maximum Gasteiger partial charge on any atom is 0.338 e. The number of hydrogen-bond donors (Lipinski definition) is 1. The SMILES string of the molecule is O=C(Nc1ccc(Oc2ccc(N3CCC(OC(=O)c4ccccc4)CC3)cc2)cc1)c1ccc(Cl)c(Cl)c1. The summed E-state index contributed by atoms with van der Waals surface area (Å²) in [7, 11) is 0. The van der Waals surface area contributed by atoms with Gasteiger partial charge in [0.1, 0.15) is 17.6 Å². The van der Waals surface area contributed by atoms with E-state index in [1.54, 1.807) is 48.5 Å². The van der Waals surface area contributed by atoms with Gasteiger partial charge in [0.15, 0.2) is 0 Å². The Morgan fingerprint density at radius 3 is 2.03 bits per heavy atom. The number of anilines is 2. The number of nitrogens with zero attached hydrogens (tertiary/aromatic N) is 1. The molecule has 1 fully saturated rings. The van der Waals surface area contributed by atoms with Crippen LogP contribution in [0.25, 0.3) is 0 Å². The van der Waals surface area contributed by atoms with Crippen molar-refractivity contribution in [1.82, 2.24) is 0 Å². The molecule has 1 heterocycles. The Balaban J connectivity index is 1.10. The maximum absolute atomic E-state index is 12.5. The minimum Gasteiger partial charge on any atom is -0.459 e. The highest BCUT2D eigenvalue weighted by Crippen LogP contribution is 2.28. The third-order valence-corrected chi connectivity index (χ3v) is 7.20. The number of hydrogen-bond acceptors (Lipinski definition) is 5. The smallest absolute Gasteiger partial charge is 0.338 e. The van der Waals surface area contributed by atoms with Crippen LogP contribution in [0.2, 0.25) is 10.0 Å². The average molecular weight is 561 g/mol. The van der Waals surface area contributed by atoms with Gasteiger partial charge in [0.25, 0.3) is 5.91 Å². The van der Waals surface area contributed by atoms with Crippen LogP contribution in [-0.4, -0.2) is 31.1 Å². The number of ether oxygens (including phenoxy) is 2. The fourth-order valence-corrected chi connectivity index (χ4v) is 4.63. The predicted octanol–water partition coefficient (Wildman–Crippen LogP) is 7.86. The van der Waals surface area contributed by atoms with E-state index < -0.39 is 0 Å². The molecule has 198 valence electrons. The summed E-state index contributed by atoms with van der Waals surface area (Å²) in [5.41, 5.74) is 2.72. The van der Waals surface area contributed by atoms with E-state index in [4.69, 9.17) is 32.7 Å². The fraction of sp³-hybridized carbons (Fsp3) is 0.161. The zero-order valence-corrected chi connectivity index (χ0v) is 22.5. The minimum atomic E-state index is -0.281. The van der Waals surface area contributed by atoms with Gasteiger partial charge in [-0.3, -0.25) is 4.79 Å². The highest BCUT2D eigenvalue weighted by Gasteiger charge is 2.23. The van der Waals surface area contributed by atoms with Gasteiger partial charge in [-0.15, -0.1) is 0 Å². The van der Waals surface area contributed by atoms with Crippen molar-refractivity contribution >= 4 is 46.5 Å². The molecular formula is C31H26Cl2N2O4. The van der Waals surface area contributed by atoms with Gasteiger partial charge in [-0.05, 0) is 78.9 Å². The lowest BCUT2D eigenvalue weighted by atomic mass is 10.1. The molecule has 4 aromatic carbocycles. The van der Waals surface area contributed by atoms with Crippen molar-refractivity contribution in [3.63, 3.8) is 0 Å². The summed E-state index contributed by atoms with van der Waals surface area (Å²) in [5.74, 6) is 0.808. The van der Waals surface area contributed by atoms with Crippen LogP contribution in [0.15, 0.2) is 97.1 Å². The van der Waals surface area contributed by atoms with Gasteiger partial charge in [0, 0.05) is 42.9 Å². The molecule has 8 heteroatoms. The average Bonchev–Trinajstić information content (AvgIpc) is 2.97. The fourth-order valence-electron chi connectivity index (χ4n) is 4.33. The molecule has 39 heavy (non-hydrogen) atoms. The Bertz CT molecular complexity index is 1440. The largest absolute Gasteiger partial charge is 0.459 e. The first-order valence-corrected chi connectivity index (χ1v) is 13.4. The summed E-state index contributed by atoms with van der Waals surface area (Å²) in [6.45, 7) is 1.62. The van der Waals surface area contributed by atoms with Crippen molar-refractivity contribution in [2.24, 2.45) is 0 Å². The first-order chi connectivity index (χ1) is 18.9. The van der Waals surface area contributed by atoms with Crippen LogP contribution in [0.4, 0.5) is 11.4 Å². The number of piperidine rings is 1. The summed E-state index contributed by atoms with van der Waals surface area (Å²) in [4.78, 5) is 27.1. The molecule has 0 aromatic heterocycles. The molecule has 1 saturated heterocycles. The van der Waals surface area contributed by atoms with Crippen molar-refractivity contribution < 1.29 is 19.1 Å². The lowest BCUT2D eigenvalue weighted by Gasteiger charge is -2.33. The molecule has 5 rings (SSSR count). The monoisotopic (exact) mass is 560 g/mol. The molecule has 0 radical (unpaired) electrons. The molecule has 0 spiro atoms. The summed E-state index contributed by atoms with van der Waals surface area (Å²) in [6, 6.07) is 28.9. The quantitative estimate of drug-likeness (QED) is 0.233. The zero-order chi connectivity index (χ0) is 27.2. The Labute approximate surface area is 237 Å². The van der Waals surface area contributed by atoms with E-state index in [0.29, 0.717) is 38.4 Å². The molecule has 1 amide bonds. The number of nitrogens with one attached hydrogen (secondary N) is 1. The summed E-state index contributed by atoms with van der Waals surface area (Å²) in [6.07, 6.45) is 1.49. The van der Waals surface area contributed by atoms with Crippen LogP contribution in [0.5, 0.6) is 11.5 Å². The summed E-state index contributed by atoms with van der Waals surface area (Å²) < 4.78 is 11.7. The topological polar surface area (TPSA) is 67.9 Å². The van der Waals surface area contributed by atoms with E-state index in [1.165, 1.54) is 6.07 Å². The Hall–Kier alpha value is -4.00. The summed E-state index contributed by atoms with van der Waals surface area (Å²) >= 11 is 11.9. The third kappa shape index (κ3) is 6.91. The number of benzene rings is 4. The van der Waals surface area contributed by atoms with Crippen molar-refractivity contribution in [1.29, 1.82) is 0 Å². The van der Waals surface area contributed by atoms with Crippen LogP contribution in [0, 0.1) is 0 Å². The number of rotatable bonds is 7. The van der Waals surface area contributed by atoms with Crippen LogP contribution < -0.4 is 15.0 Å². The second-order valence-electron chi connectivity index (χ2n) is 9.16. The van der Waals surface area contributed by atoms with Crippen LogP contribution in [-0.2, 0) is 4.74 Å². The van der Waals surface area contributed by atoms with Crippen molar-refractivity contribution in [2.45, 2.75) is 18.9 Å². The molecular weight excluding hydrogens is 535 g/mol. The number of esters is 1. The van der Waals surface area contributed by atoms with Crippen LogP contribution in [0.3, 0.4) is 0 Å². The lowest BCUT2D eigenvalue weighted by Crippen LogP contribution is -2.37. The number of halogens is 2. The highest BCUT2D eigenvalue weighted by molar-refractivity contribution is 6.42. The van der Waals surface area contributed by atoms with Gasteiger partial charge < -0.3 is 19.7 Å². The van der Waals surface area contributed by atoms with Gasteiger partial charge in [0.2, 0.25) is 0 Å². The van der Waals surface area contributed by atoms with E-state index in [9.17, 15) is 9.59 Å². The molecule has 4 aromatic rings. The molecule has 0 unspecified atom stereocenters. The first kappa shape index (κ1) is 26.6. The van der Waals surface area contributed by atoms with E-state index in [2.05, 4.69) is 10.2 Å². The molecule has 0 saturated carbocycles. The molecule has 1 N–H and O–H groups in total. The molecule has 0 aliphatic carbocycles. The van der Waals surface area contributed by atoms with Gasteiger partial charge in [-0.1, -0.05) is 41.4 Å². The van der Waals surface area contributed by atoms with Gasteiger partial charge in [-0.2, -0.15) is 0 Å². The van der Waals surface area contributed by atoms with E-state index in [-0.39, 0.29) is 18.0 Å². The highest BCUT2D eigenvalue weighted by atomic mass is 35.5. The Kier molecular flexibility index (Phi) is 8.35. The molecule has 0 bridgehead atoms. The second-order valence-corrected chi connectivity index (χ2v) is 9.98. The lowest BCUT2D eigenvalue weighted by molar-refractivity contribution is 0.0245. The minimum absolute atomic E-state index is 0.0756.